The molecule has 7 nitrogen and oxygen atoms in total. The SMILES string of the molecule is CCNC(=NCc1ccnc(N2CCCC2)c1)Nc1ccc(OC)c(OCC)c1.I. The van der Waals surface area contributed by atoms with Crippen LogP contribution >= 0.6 is 24.0 Å². The molecule has 164 valence electrons. The first-order valence-electron chi connectivity index (χ1n) is 10.3. The molecule has 1 fully saturated rings. The van der Waals surface area contributed by atoms with E-state index in [4.69, 9.17) is 14.5 Å². The summed E-state index contributed by atoms with van der Waals surface area (Å²) in [5.74, 6) is 3.19. The number of methoxy groups -OCH3 is 1. The van der Waals surface area contributed by atoms with Gasteiger partial charge >= 0.3 is 0 Å². The van der Waals surface area contributed by atoms with E-state index in [1.54, 1.807) is 7.11 Å². The van der Waals surface area contributed by atoms with Gasteiger partial charge in [0, 0.05) is 37.6 Å². The predicted molar refractivity (Wildman–Crippen MR) is 134 cm³/mol. The van der Waals surface area contributed by atoms with Gasteiger partial charge in [-0.25, -0.2) is 9.98 Å². The van der Waals surface area contributed by atoms with Crippen LogP contribution in [0, 0.1) is 0 Å². The fraction of sp³-hybridized carbons (Fsp3) is 0.455. The lowest BCUT2D eigenvalue weighted by Crippen LogP contribution is -2.30. The maximum absolute atomic E-state index is 5.66. The topological polar surface area (TPSA) is 71.0 Å². The number of guanidine groups is 1. The normalized spacial score (nSPS) is 13.6. The Morgan fingerprint density at radius 2 is 1.93 bits per heavy atom. The second-order valence-electron chi connectivity index (χ2n) is 6.84. The van der Waals surface area contributed by atoms with Crippen LogP contribution in [0.25, 0.3) is 0 Å². The average molecular weight is 525 g/mol. The Bertz CT molecular complexity index is 825. The van der Waals surface area contributed by atoms with Crippen LogP contribution in [0.15, 0.2) is 41.5 Å². The second kappa shape index (κ2) is 12.5. The van der Waals surface area contributed by atoms with Crippen LogP contribution < -0.4 is 25.0 Å². The lowest BCUT2D eigenvalue weighted by molar-refractivity contribution is 0.311. The van der Waals surface area contributed by atoms with Crippen LogP contribution in [-0.4, -0.2) is 44.3 Å². The third kappa shape index (κ3) is 6.65. The van der Waals surface area contributed by atoms with Crippen molar-refractivity contribution in [2.24, 2.45) is 4.99 Å². The van der Waals surface area contributed by atoms with E-state index in [9.17, 15) is 0 Å². The predicted octanol–water partition coefficient (Wildman–Crippen LogP) is 4.28. The van der Waals surface area contributed by atoms with E-state index in [1.807, 2.05) is 37.4 Å². The molecule has 0 amide bonds. The molecule has 1 aliphatic heterocycles. The van der Waals surface area contributed by atoms with Crippen molar-refractivity contribution in [1.82, 2.24) is 10.3 Å². The Kier molecular flexibility index (Phi) is 9.99. The molecule has 0 saturated carbocycles. The Morgan fingerprint density at radius 1 is 1.13 bits per heavy atom. The lowest BCUT2D eigenvalue weighted by Gasteiger charge is -2.17. The highest BCUT2D eigenvalue weighted by Gasteiger charge is 2.13. The molecule has 0 unspecified atom stereocenters. The van der Waals surface area contributed by atoms with Gasteiger partial charge in [0.2, 0.25) is 0 Å². The molecule has 1 saturated heterocycles. The molecule has 3 rings (SSSR count). The largest absolute Gasteiger partial charge is 0.493 e. The van der Waals surface area contributed by atoms with Crippen LogP contribution in [0.5, 0.6) is 11.5 Å². The van der Waals surface area contributed by atoms with Crippen molar-refractivity contribution >= 4 is 41.4 Å². The standard InChI is InChI=1S/C22H31N5O2.HI/c1-4-23-22(26-18-8-9-19(28-3)20(15-18)29-5-2)25-16-17-10-11-24-21(14-17)27-12-6-7-13-27;/h8-11,14-15H,4-7,12-13,16H2,1-3H3,(H2,23,25,26);1H. The monoisotopic (exact) mass is 525 g/mol. The van der Waals surface area contributed by atoms with E-state index < -0.39 is 0 Å². The number of hydrogen-bond acceptors (Lipinski definition) is 5. The van der Waals surface area contributed by atoms with Crippen molar-refractivity contribution in [2.75, 3.05) is 43.6 Å². The second-order valence-corrected chi connectivity index (χ2v) is 6.84. The summed E-state index contributed by atoms with van der Waals surface area (Å²) in [7, 11) is 1.64. The number of halogens is 1. The highest BCUT2D eigenvalue weighted by atomic mass is 127. The molecule has 30 heavy (non-hydrogen) atoms. The summed E-state index contributed by atoms with van der Waals surface area (Å²) >= 11 is 0. The zero-order valence-corrected chi connectivity index (χ0v) is 20.3. The third-order valence-corrected chi connectivity index (χ3v) is 4.73. The van der Waals surface area contributed by atoms with Crippen LogP contribution in [-0.2, 0) is 6.54 Å². The van der Waals surface area contributed by atoms with E-state index in [2.05, 4.69) is 33.5 Å². The van der Waals surface area contributed by atoms with Gasteiger partial charge < -0.3 is 25.0 Å². The van der Waals surface area contributed by atoms with Gasteiger partial charge in [-0.05, 0) is 56.5 Å². The molecule has 1 aliphatic rings. The fourth-order valence-corrected chi connectivity index (χ4v) is 3.31. The summed E-state index contributed by atoms with van der Waals surface area (Å²) in [6, 6.07) is 9.92. The minimum absolute atomic E-state index is 0. The Balaban J connectivity index is 0.00000320. The number of aliphatic imine (C=N–C) groups is 1. The molecule has 0 atom stereocenters. The first-order chi connectivity index (χ1) is 14.2. The van der Waals surface area contributed by atoms with Crippen molar-refractivity contribution in [3.8, 4) is 11.5 Å². The summed E-state index contributed by atoms with van der Waals surface area (Å²) < 4.78 is 11.0. The molecule has 2 aromatic rings. The van der Waals surface area contributed by atoms with Gasteiger partial charge in [-0.3, -0.25) is 0 Å². The van der Waals surface area contributed by atoms with Crippen LogP contribution in [0.2, 0.25) is 0 Å². The van der Waals surface area contributed by atoms with E-state index in [0.717, 1.165) is 42.7 Å². The van der Waals surface area contributed by atoms with Crippen LogP contribution in [0.3, 0.4) is 0 Å². The van der Waals surface area contributed by atoms with Gasteiger partial charge in [-0.1, -0.05) is 0 Å². The Labute approximate surface area is 196 Å². The molecule has 2 N–H and O–H groups in total. The van der Waals surface area contributed by atoms with Gasteiger partial charge in [0.1, 0.15) is 5.82 Å². The molecular weight excluding hydrogens is 493 g/mol. The summed E-state index contributed by atoms with van der Waals surface area (Å²) in [6.07, 6.45) is 4.35. The highest BCUT2D eigenvalue weighted by Crippen LogP contribution is 2.30. The van der Waals surface area contributed by atoms with Crippen molar-refractivity contribution in [3.63, 3.8) is 0 Å². The first-order valence-corrected chi connectivity index (χ1v) is 10.3. The van der Waals surface area contributed by atoms with E-state index in [-0.39, 0.29) is 24.0 Å². The molecule has 1 aromatic heterocycles. The molecule has 0 bridgehead atoms. The van der Waals surface area contributed by atoms with Gasteiger partial charge in [-0.15, -0.1) is 24.0 Å². The number of nitrogens with zero attached hydrogens (tertiary/aromatic N) is 3. The van der Waals surface area contributed by atoms with Crippen molar-refractivity contribution < 1.29 is 9.47 Å². The molecule has 8 heteroatoms. The number of aromatic nitrogens is 1. The summed E-state index contributed by atoms with van der Waals surface area (Å²) in [4.78, 5) is 11.6. The van der Waals surface area contributed by atoms with Crippen molar-refractivity contribution in [1.29, 1.82) is 0 Å². The summed E-state index contributed by atoms with van der Waals surface area (Å²) in [6.45, 7) is 8.11. The van der Waals surface area contributed by atoms with E-state index in [0.29, 0.717) is 24.7 Å². The zero-order valence-electron chi connectivity index (χ0n) is 18.0. The average Bonchev–Trinajstić information content (AvgIpc) is 3.28. The zero-order chi connectivity index (χ0) is 20.5. The molecule has 0 aliphatic carbocycles. The molecule has 2 heterocycles. The molecular formula is C22H32IN5O2. The lowest BCUT2D eigenvalue weighted by atomic mass is 10.2. The first kappa shape index (κ1) is 24.0. The number of rotatable bonds is 8. The number of hydrogen-bond donors (Lipinski definition) is 2. The quantitative estimate of drug-likeness (QED) is 0.305. The number of ether oxygens (including phenoxy) is 2. The van der Waals surface area contributed by atoms with Crippen molar-refractivity contribution in [2.45, 2.75) is 33.2 Å². The van der Waals surface area contributed by atoms with Gasteiger partial charge in [0.05, 0.1) is 20.3 Å². The minimum Gasteiger partial charge on any atom is -0.493 e. The van der Waals surface area contributed by atoms with Crippen LogP contribution in [0.1, 0.15) is 32.3 Å². The summed E-state index contributed by atoms with van der Waals surface area (Å²) in [5.41, 5.74) is 2.03. The van der Waals surface area contributed by atoms with Crippen molar-refractivity contribution in [3.05, 3.63) is 42.1 Å². The number of pyridine rings is 1. The van der Waals surface area contributed by atoms with Crippen LogP contribution in [0.4, 0.5) is 11.5 Å². The molecule has 0 radical (unpaired) electrons. The highest BCUT2D eigenvalue weighted by molar-refractivity contribution is 14.0. The smallest absolute Gasteiger partial charge is 0.196 e. The minimum atomic E-state index is 0. The maximum Gasteiger partial charge on any atom is 0.196 e. The molecule has 1 aromatic carbocycles. The summed E-state index contributed by atoms with van der Waals surface area (Å²) in [5, 5.41) is 6.64. The van der Waals surface area contributed by atoms with E-state index >= 15 is 0 Å². The fourth-order valence-electron chi connectivity index (χ4n) is 3.31. The number of nitrogens with one attached hydrogen (secondary N) is 2. The number of benzene rings is 1. The number of anilines is 2. The van der Waals surface area contributed by atoms with Gasteiger partial charge in [0.15, 0.2) is 17.5 Å². The van der Waals surface area contributed by atoms with Gasteiger partial charge in [-0.2, -0.15) is 0 Å². The van der Waals surface area contributed by atoms with Gasteiger partial charge in [0.25, 0.3) is 0 Å². The van der Waals surface area contributed by atoms with E-state index in [1.165, 1.54) is 12.8 Å². The Morgan fingerprint density at radius 3 is 2.63 bits per heavy atom. The Hall–Kier alpha value is -2.23. The third-order valence-electron chi connectivity index (χ3n) is 4.73. The molecule has 0 spiro atoms. The maximum atomic E-state index is 5.66.